The number of carbonyl (C=O) groups is 1. The summed E-state index contributed by atoms with van der Waals surface area (Å²) in [6.45, 7) is 1.39. The second-order valence-corrected chi connectivity index (χ2v) is 12.6. The largest absolute Gasteiger partial charge is 0.497 e. The third-order valence-corrected chi connectivity index (χ3v) is 9.28. The summed E-state index contributed by atoms with van der Waals surface area (Å²) in [4.78, 5) is 14.5. The Morgan fingerprint density at radius 3 is 1.96 bits per heavy atom. The molecular formula is C41H42Cl2F3N3O4. The lowest BCUT2D eigenvalue weighted by molar-refractivity contribution is -0.137. The van der Waals surface area contributed by atoms with E-state index < -0.39 is 17.2 Å². The number of anilines is 2. The zero-order chi connectivity index (χ0) is 37.1. The Hall–Kier alpha value is -4.90. The molecule has 53 heavy (non-hydrogen) atoms. The minimum absolute atomic E-state index is 0. The van der Waals surface area contributed by atoms with Crippen LogP contribution in [-0.4, -0.2) is 47.0 Å². The molecule has 5 rings (SSSR count). The molecule has 2 amide bonds. The first-order valence-corrected chi connectivity index (χ1v) is 17.1. The molecule has 5 aromatic carbocycles. The van der Waals surface area contributed by atoms with Gasteiger partial charge in [0.25, 0.3) is 0 Å². The van der Waals surface area contributed by atoms with Crippen LogP contribution in [0.5, 0.6) is 17.2 Å². The minimum atomic E-state index is -4.57. The molecule has 7 nitrogen and oxygen atoms in total. The van der Waals surface area contributed by atoms with E-state index in [2.05, 4.69) is 10.6 Å². The Bertz CT molecular complexity index is 1870. The number of hydrogen-bond acceptors (Lipinski definition) is 5. The van der Waals surface area contributed by atoms with Crippen molar-refractivity contribution < 1.29 is 32.2 Å². The number of alkyl halides is 3. The summed E-state index contributed by atoms with van der Waals surface area (Å²) in [5.74, 6) is 1.70. The summed E-state index contributed by atoms with van der Waals surface area (Å²) < 4.78 is 58.2. The van der Waals surface area contributed by atoms with Crippen molar-refractivity contribution in [1.29, 1.82) is 0 Å². The monoisotopic (exact) mass is 767 g/mol. The van der Waals surface area contributed by atoms with Crippen molar-refractivity contribution in [3.63, 3.8) is 0 Å². The maximum Gasteiger partial charge on any atom is 0.417 e. The molecule has 12 heteroatoms. The van der Waals surface area contributed by atoms with Gasteiger partial charge in [-0.15, -0.1) is 12.4 Å². The van der Waals surface area contributed by atoms with Crippen LogP contribution in [0.25, 0.3) is 0 Å². The molecular weight excluding hydrogens is 726 g/mol. The number of hydrogen-bond donors (Lipinski definition) is 2. The minimum Gasteiger partial charge on any atom is -0.497 e. The number of benzene rings is 5. The first-order valence-electron chi connectivity index (χ1n) is 16.7. The summed E-state index contributed by atoms with van der Waals surface area (Å²) in [6, 6.07) is 35.6. The molecule has 280 valence electrons. The predicted octanol–water partition coefficient (Wildman–Crippen LogP) is 10.1. The van der Waals surface area contributed by atoms with Gasteiger partial charge in [0.05, 0.1) is 31.4 Å². The quantitative estimate of drug-likeness (QED) is 0.104. The number of carbonyl (C=O) groups excluding carboxylic acids is 1. The topological polar surface area (TPSA) is 72.1 Å². The van der Waals surface area contributed by atoms with E-state index in [0.717, 1.165) is 17.2 Å². The Morgan fingerprint density at radius 2 is 1.38 bits per heavy atom. The average Bonchev–Trinajstić information content (AvgIpc) is 3.16. The first-order chi connectivity index (χ1) is 25.0. The Balaban J connectivity index is 0.00000627. The van der Waals surface area contributed by atoms with E-state index in [1.165, 1.54) is 25.2 Å². The van der Waals surface area contributed by atoms with Gasteiger partial charge >= 0.3 is 12.2 Å². The highest BCUT2D eigenvalue weighted by molar-refractivity contribution is 6.32. The molecule has 0 spiro atoms. The Morgan fingerprint density at radius 1 is 0.774 bits per heavy atom. The van der Waals surface area contributed by atoms with Crippen LogP contribution < -0.4 is 29.7 Å². The molecule has 0 saturated carbocycles. The zero-order valence-corrected chi connectivity index (χ0v) is 31.2. The van der Waals surface area contributed by atoms with Crippen LogP contribution in [0.4, 0.5) is 29.3 Å². The number of methoxy groups -OCH3 is 2. The summed E-state index contributed by atoms with van der Waals surface area (Å²) in [7, 11) is 4.74. The Labute approximate surface area is 319 Å². The second-order valence-electron chi connectivity index (χ2n) is 12.2. The van der Waals surface area contributed by atoms with Crippen LogP contribution in [0.1, 0.15) is 28.7 Å². The maximum atomic E-state index is 13.8. The fourth-order valence-corrected chi connectivity index (χ4v) is 6.39. The van der Waals surface area contributed by atoms with Gasteiger partial charge in [-0.3, -0.25) is 4.90 Å². The van der Waals surface area contributed by atoms with E-state index in [9.17, 15) is 18.0 Å². The van der Waals surface area contributed by atoms with E-state index >= 15 is 0 Å². The number of nitrogens with one attached hydrogen (secondary N) is 2. The van der Waals surface area contributed by atoms with E-state index in [-0.39, 0.29) is 29.9 Å². The summed E-state index contributed by atoms with van der Waals surface area (Å²) >= 11 is 6.45. The van der Waals surface area contributed by atoms with Crippen molar-refractivity contribution in [2.24, 2.45) is 0 Å². The molecule has 0 bridgehead atoms. The number of urea groups is 1. The first kappa shape index (κ1) is 40.9. The normalized spacial score (nSPS) is 11.3. The fourth-order valence-electron chi connectivity index (χ4n) is 6.09. The van der Waals surface area contributed by atoms with Crippen LogP contribution in [0, 0.1) is 0 Å². The number of ether oxygens (including phenoxy) is 3. The smallest absolute Gasteiger partial charge is 0.417 e. The Kier molecular flexibility index (Phi) is 14.4. The van der Waals surface area contributed by atoms with Gasteiger partial charge in [0.15, 0.2) is 0 Å². The highest BCUT2D eigenvalue weighted by atomic mass is 35.5. The lowest BCUT2D eigenvalue weighted by Gasteiger charge is -2.36. The summed E-state index contributed by atoms with van der Waals surface area (Å²) in [5, 5.41) is 6.13. The SMILES string of the molecule is COc1cc(NC(=O)N(C)c2cccc(OCCCNCC(Cc3cccc(C(F)(F)F)c3Cl)(c3ccccc3)c3ccccc3)c2)cc(OC)c1.Cl. The lowest BCUT2D eigenvalue weighted by atomic mass is 9.70. The van der Waals surface area contributed by atoms with Gasteiger partial charge in [-0.1, -0.05) is 90.5 Å². The highest BCUT2D eigenvalue weighted by Gasteiger charge is 2.38. The van der Waals surface area contributed by atoms with Gasteiger partial charge < -0.3 is 24.8 Å². The van der Waals surface area contributed by atoms with Crippen molar-refractivity contribution >= 4 is 41.4 Å². The van der Waals surface area contributed by atoms with Crippen LogP contribution in [0.15, 0.2) is 121 Å². The number of rotatable bonds is 15. The average molecular weight is 769 g/mol. The van der Waals surface area contributed by atoms with E-state index in [1.54, 1.807) is 37.4 Å². The van der Waals surface area contributed by atoms with Crippen molar-refractivity contribution in [3.05, 3.63) is 149 Å². The standard InChI is InChI=1S/C41H41ClF3N3O4.ClH/c1-48(39(49)47-32-23-35(50-2)26-36(24-32)51-3)33-18-11-19-34(25-33)52-22-12-21-46-28-40(30-14-6-4-7-15-30,31-16-8-5-9-17-31)27-29-13-10-20-37(38(29)42)41(43,44)45;/h4-11,13-20,23-26,46H,12,21-22,27-28H2,1-3H3,(H,47,49);1H. The van der Waals surface area contributed by atoms with Gasteiger partial charge in [-0.05, 0) is 54.3 Å². The van der Waals surface area contributed by atoms with Gasteiger partial charge in [-0.25, -0.2) is 4.79 Å². The highest BCUT2D eigenvalue weighted by Crippen LogP contribution is 2.41. The molecule has 0 atom stereocenters. The third-order valence-electron chi connectivity index (χ3n) is 8.83. The molecule has 0 unspecified atom stereocenters. The lowest BCUT2D eigenvalue weighted by Crippen LogP contribution is -2.42. The second kappa shape index (κ2) is 18.7. The van der Waals surface area contributed by atoms with Crippen LogP contribution in [0.2, 0.25) is 5.02 Å². The molecule has 5 aromatic rings. The van der Waals surface area contributed by atoms with Gasteiger partial charge in [-0.2, -0.15) is 13.2 Å². The molecule has 0 heterocycles. The van der Waals surface area contributed by atoms with Crippen molar-refractivity contribution in [2.45, 2.75) is 24.4 Å². The van der Waals surface area contributed by atoms with Crippen LogP contribution in [-0.2, 0) is 18.0 Å². The van der Waals surface area contributed by atoms with Crippen LogP contribution in [0.3, 0.4) is 0 Å². The summed E-state index contributed by atoms with van der Waals surface area (Å²) in [6.07, 6.45) is -3.69. The van der Waals surface area contributed by atoms with Crippen molar-refractivity contribution in [2.75, 3.05) is 51.2 Å². The third kappa shape index (κ3) is 10.4. The zero-order valence-electron chi connectivity index (χ0n) is 29.6. The van der Waals surface area contributed by atoms with E-state index in [0.29, 0.717) is 60.3 Å². The predicted molar refractivity (Wildman–Crippen MR) is 207 cm³/mol. The number of nitrogens with zero attached hydrogens (tertiary/aromatic N) is 1. The van der Waals surface area contributed by atoms with Crippen molar-refractivity contribution in [1.82, 2.24) is 5.32 Å². The van der Waals surface area contributed by atoms with Crippen molar-refractivity contribution in [3.8, 4) is 17.2 Å². The molecule has 0 saturated heterocycles. The molecule has 0 fully saturated rings. The number of halogens is 5. The van der Waals surface area contributed by atoms with Gasteiger partial charge in [0.2, 0.25) is 0 Å². The molecule has 2 N–H and O–H groups in total. The molecule has 0 aliphatic rings. The maximum absolute atomic E-state index is 13.8. The molecule has 0 aliphatic heterocycles. The van der Waals surface area contributed by atoms with E-state index in [1.807, 2.05) is 78.9 Å². The van der Waals surface area contributed by atoms with Crippen LogP contribution >= 0.6 is 24.0 Å². The molecule has 0 aliphatic carbocycles. The fraction of sp³-hybridized carbons (Fsp3) is 0.244. The van der Waals surface area contributed by atoms with Gasteiger partial charge in [0, 0.05) is 54.6 Å². The summed E-state index contributed by atoms with van der Waals surface area (Å²) in [5.41, 5.74) is 1.90. The van der Waals surface area contributed by atoms with E-state index in [4.69, 9.17) is 25.8 Å². The van der Waals surface area contributed by atoms with Gasteiger partial charge in [0.1, 0.15) is 17.2 Å². The molecule has 0 aromatic heterocycles. The molecule has 0 radical (unpaired) electrons. The number of amides is 2.